The van der Waals surface area contributed by atoms with Gasteiger partial charge in [-0.05, 0) is 114 Å². The number of rotatable bonds is 7. The number of nitrogens with zero attached hydrogens (tertiary/aromatic N) is 1. The van der Waals surface area contributed by atoms with Gasteiger partial charge in [0.05, 0.1) is 0 Å². The molecule has 266 valence electrons. The zero-order valence-electron chi connectivity index (χ0n) is 31.7. The fourth-order valence-corrected chi connectivity index (χ4v) is 8.87. The van der Waals surface area contributed by atoms with E-state index < -0.39 is 0 Å². The summed E-state index contributed by atoms with van der Waals surface area (Å²) < 4.78 is 0. The van der Waals surface area contributed by atoms with Crippen LogP contribution >= 0.6 is 0 Å². The van der Waals surface area contributed by atoms with E-state index in [-0.39, 0.29) is 5.41 Å². The van der Waals surface area contributed by atoms with Crippen LogP contribution in [-0.2, 0) is 5.41 Å². The Labute approximate surface area is 329 Å². The van der Waals surface area contributed by atoms with E-state index in [2.05, 4.69) is 231 Å². The Morgan fingerprint density at radius 3 is 1.50 bits per heavy atom. The number of hydrogen-bond acceptors (Lipinski definition) is 1. The van der Waals surface area contributed by atoms with Crippen LogP contribution in [0.5, 0.6) is 0 Å². The molecule has 1 nitrogen and oxygen atoms in total. The predicted molar refractivity (Wildman–Crippen MR) is 238 cm³/mol. The van der Waals surface area contributed by atoms with Crippen molar-refractivity contribution in [3.63, 3.8) is 0 Å². The van der Waals surface area contributed by atoms with Gasteiger partial charge in [-0.2, -0.15) is 0 Å². The molecule has 9 aromatic rings. The topological polar surface area (TPSA) is 3.24 Å². The third-order valence-electron chi connectivity index (χ3n) is 11.7. The minimum atomic E-state index is -0.165. The van der Waals surface area contributed by atoms with Gasteiger partial charge in [0, 0.05) is 22.5 Å². The van der Waals surface area contributed by atoms with Gasteiger partial charge in [-0.1, -0.05) is 190 Å². The Morgan fingerprint density at radius 1 is 0.321 bits per heavy atom. The normalized spacial score (nSPS) is 12.6. The molecule has 1 aliphatic carbocycles. The van der Waals surface area contributed by atoms with Gasteiger partial charge in [-0.3, -0.25) is 0 Å². The zero-order chi connectivity index (χ0) is 37.6. The van der Waals surface area contributed by atoms with Crippen LogP contribution in [0.25, 0.3) is 66.4 Å². The third kappa shape index (κ3) is 5.72. The van der Waals surface area contributed by atoms with Crippen LogP contribution in [-0.4, -0.2) is 0 Å². The average molecular weight is 716 g/mol. The Morgan fingerprint density at radius 2 is 0.821 bits per heavy atom. The van der Waals surface area contributed by atoms with E-state index in [1.165, 1.54) is 77.5 Å². The highest BCUT2D eigenvalue weighted by Gasteiger charge is 2.37. The third-order valence-corrected chi connectivity index (χ3v) is 11.7. The summed E-state index contributed by atoms with van der Waals surface area (Å²) in [6.07, 6.45) is 0. The maximum atomic E-state index is 2.43. The molecule has 0 bridgehead atoms. The SMILES string of the molecule is CC1(C)c2cc(N(c3ccc(-c4ccccc4)cc3)c3ccc(-c4ccc5ccccc5c4-c4ccccc4)cc3)ccc2-c2c(-c3ccccc3)cccc21. The molecular formula is C55H41N. The Kier molecular flexibility index (Phi) is 8.23. The van der Waals surface area contributed by atoms with Gasteiger partial charge in [0.1, 0.15) is 0 Å². The number of benzene rings is 9. The minimum absolute atomic E-state index is 0.165. The lowest BCUT2D eigenvalue weighted by Crippen LogP contribution is -2.16. The molecule has 0 aromatic heterocycles. The fourth-order valence-electron chi connectivity index (χ4n) is 8.87. The molecule has 56 heavy (non-hydrogen) atoms. The van der Waals surface area contributed by atoms with E-state index in [4.69, 9.17) is 0 Å². The molecule has 0 saturated heterocycles. The van der Waals surface area contributed by atoms with Gasteiger partial charge < -0.3 is 4.90 Å². The smallest absolute Gasteiger partial charge is 0.0465 e. The molecule has 0 heterocycles. The Bertz CT molecular complexity index is 2840. The first-order valence-corrected chi connectivity index (χ1v) is 19.5. The van der Waals surface area contributed by atoms with E-state index in [0.29, 0.717) is 0 Å². The van der Waals surface area contributed by atoms with E-state index >= 15 is 0 Å². The quantitative estimate of drug-likeness (QED) is 0.159. The van der Waals surface area contributed by atoms with Crippen molar-refractivity contribution >= 4 is 27.8 Å². The largest absolute Gasteiger partial charge is 0.310 e. The lowest BCUT2D eigenvalue weighted by Gasteiger charge is -2.28. The van der Waals surface area contributed by atoms with E-state index in [0.717, 1.165) is 17.1 Å². The molecule has 0 unspecified atom stereocenters. The molecule has 0 radical (unpaired) electrons. The Balaban J connectivity index is 1.11. The van der Waals surface area contributed by atoms with Crippen molar-refractivity contribution in [2.24, 2.45) is 0 Å². The van der Waals surface area contributed by atoms with Crippen molar-refractivity contribution < 1.29 is 0 Å². The highest BCUT2D eigenvalue weighted by molar-refractivity contribution is 6.04. The first-order valence-electron chi connectivity index (χ1n) is 19.5. The molecule has 10 rings (SSSR count). The summed E-state index contributed by atoms with van der Waals surface area (Å²) in [5, 5.41) is 2.51. The second-order valence-corrected chi connectivity index (χ2v) is 15.3. The monoisotopic (exact) mass is 715 g/mol. The second-order valence-electron chi connectivity index (χ2n) is 15.3. The maximum Gasteiger partial charge on any atom is 0.0465 e. The standard InChI is InChI=1S/C55H41N/c1-55(2)51-24-14-23-48(40-17-8-4-9-18-40)54(51)50-36-34-46(37-52(50)55)56(44-30-25-39(26-31-44)38-15-6-3-7-16-38)45-32-27-42(28-33-45)49-35-29-41-19-12-13-22-47(41)53(49)43-20-10-5-11-21-43/h3-37H,1-2H3. The lowest BCUT2D eigenvalue weighted by atomic mass is 9.81. The summed E-state index contributed by atoms with van der Waals surface area (Å²) in [5.74, 6) is 0. The van der Waals surface area contributed by atoms with Crippen LogP contribution in [0.1, 0.15) is 25.0 Å². The van der Waals surface area contributed by atoms with Crippen LogP contribution in [0.2, 0.25) is 0 Å². The van der Waals surface area contributed by atoms with Gasteiger partial charge in [0.25, 0.3) is 0 Å². The predicted octanol–water partition coefficient (Wildman–Crippen LogP) is 15.3. The highest BCUT2D eigenvalue weighted by Crippen LogP contribution is 2.53. The van der Waals surface area contributed by atoms with Crippen molar-refractivity contribution in [3.8, 4) is 55.6 Å². The van der Waals surface area contributed by atoms with Gasteiger partial charge in [0.2, 0.25) is 0 Å². The molecule has 0 amide bonds. The zero-order valence-corrected chi connectivity index (χ0v) is 31.7. The molecule has 0 fully saturated rings. The van der Waals surface area contributed by atoms with Crippen LogP contribution in [0.3, 0.4) is 0 Å². The molecule has 9 aromatic carbocycles. The molecule has 1 aliphatic rings. The average Bonchev–Trinajstić information content (AvgIpc) is 3.50. The van der Waals surface area contributed by atoms with E-state index in [1.54, 1.807) is 0 Å². The lowest BCUT2D eigenvalue weighted by molar-refractivity contribution is 0.660. The van der Waals surface area contributed by atoms with Crippen molar-refractivity contribution in [2.45, 2.75) is 19.3 Å². The second kappa shape index (κ2) is 13.7. The van der Waals surface area contributed by atoms with Crippen molar-refractivity contribution in [1.82, 2.24) is 0 Å². The van der Waals surface area contributed by atoms with Crippen LogP contribution < -0.4 is 4.90 Å². The van der Waals surface area contributed by atoms with Crippen LogP contribution in [0.15, 0.2) is 212 Å². The van der Waals surface area contributed by atoms with Crippen molar-refractivity contribution in [3.05, 3.63) is 223 Å². The van der Waals surface area contributed by atoms with Gasteiger partial charge in [-0.25, -0.2) is 0 Å². The molecule has 0 N–H and O–H groups in total. The van der Waals surface area contributed by atoms with E-state index in [9.17, 15) is 0 Å². The maximum absolute atomic E-state index is 2.43. The fraction of sp³-hybridized carbons (Fsp3) is 0.0545. The van der Waals surface area contributed by atoms with Crippen molar-refractivity contribution in [2.75, 3.05) is 4.90 Å². The van der Waals surface area contributed by atoms with Gasteiger partial charge in [0.15, 0.2) is 0 Å². The number of hydrogen-bond donors (Lipinski definition) is 0. The molecule has 0 spiro atoms. The minimum Gasteiger partial charge on any atom is -0.310 e. The summed E-state index contributed by atoms with van der Waals surface area (Å²) in [6, 6.07) is 77.5. The summed E-state index contributed by atoms with van der Waals surface area (Å²) in [4.78, 5) is 2.41. The number of anilines is 3. The van der Waals surface area contributed by atoms with Crippen LogP contribution in [0, 0.1) is 0 Å². The highest BCUT2D eigenvalue weighted by atomic mass is 15.1. The molecule has 0 saturated carbocycles. The first kappa shape index (κ1) is 33.6. The summed E-state index contributed by atoms with van der Waals surface area (Å²) in [7, 11) is 0. The number of fused-ring (bicyclic) bond motifs is 4. The van der Waals surface area contributed by atoms with Gasteiger partial charge >= 0.3 is 0 Å². The Hall–Kier alpha value is -6.96. The molecule has 0 atom stereocenters. The van der Waals surface area contributed by atoms with Crippen LogP contribution in [0.4, 0.5) is 17.1 Å². The molecule has 1 heteroatoms. The molecular weight excluding hydrogens is 675 g/mol. The summed E-state index contributed by atoms with van der Waals surface area (Å²) >= 11 is 0. The van der Waals surface area contributed by atoms with Gasteiger partial charge in [-0.15, -0.1) is 0 Å². The first-order chi connectivity index (χ1) is 27.5. The van der Waals surface area contributed by atoms with E-state index in [1.807, 2.05) is 0 Å². The molecule has 0 aliphatic heterocycles. The summed E-state index contributed by atoms with van der Waals surface area (Å²) in [5.41, 5.74) is 18.4. The summed E-state index contributed by atoms with van der Waals surface area (Å²) in [6.45, 7) is 4.75. The van der Waals surface area contributed by atoms with Crippen molar-refractivity contribution in [1.29, 1.82) is 0 Å².